The first kappa shape index (κ1) is 13.7. The number of rotatable bonds is 3. The predicted octanol–water partition coefficient (Wildman–Crippen LogP) is 3.50. The highest BCUT2D eigenvalue weighted by Gasteiger charge is 2.57. The summed E-state index contributed by atoms with van der Waals surface area (Å²) in [4.78, 5) is 0. The maximum Gasteiger partial charge on any atom is 0.454 e. The molecule has 16 heavy (non-hydrogen) atoms. The van der Waals surface area contributed by atoms with Crippen molar-refractivity contribution in [3.8, 4) is 0 Å². The summed E-state index contributed by atoms with van der Waals surface area (Å²) in [5.41, 5.74) is 0. The molecule has 1 fully saturated rings. The van der Waals surface area contributed by atoms with Crippen LogP contribution < -0.4 is 5.32 Å². The van der Waals surface area contributed by atoms with E-state index >= 15 is 0 Å². The fourth-order valence-corrected chi connectivity index (χ4v) is 1.86. The van der Waals surface area contributed by atoms with E-state index in [0.29, 0.717) is 12.8 Å². The Balaban J connectivity index is 2.37. The van der Waals surface area contributed by atoms with Crippen molar-refractivity contribution in [1.82, 2.24) is 5.32 Å². The van der Waals surface area contributed by atoms with Crippen LogP contribution in [0.15, 0.2) is 0 Å². The van der Waals surface area contributed by atoms with Gasteiger partial charge in [-0.15, -0.1) is 0 Å². The van der Waals surface area contributed by atoms with Gasteiger partial charge in [0.1, 0.15) is 0 Å². The van der Waals surface area contributed by atoms with Gasteiger partial charge in [0.25, 0.3) is 0 Å². The molecule has 0 aromatic carbocycles. The van der Waals surface area contributed by atoms with Gasteiger partial charge in [0.15, 0.2) is 0 Å². The number of halogens is 5. The summed E-state index contributed by atoms with van der Waals surface area (Å²) in [5, 5.41) is 2.34. The lowest BCUT2D eigenvalue weighted by Gasteiger charge is -2.23. The van der Waals surface area contributed by atoms with Gasteiger partial charge >= 0.3 is 12.1 Å². The summed E-state index contributed by atoms with van der Waals surface area (Å²) in [5.74, 6) is -4.63. The molecule has 1 aliphatic rings. The highest BCUT2D eigenvalue weighted by atomic mass is 19.4. The van der Waals surface area contributed by atoms with Crippen LogP contribution in [0.4, 0.5) is 22.0 Å². The first-order valence-corrected chi connectivity index (χ1v) is 5.51. The normalized spacial score (nSPS) is 20.8. The molecule has 0 aromatic rings. The lowest BCUT2D eigenvalue weighted by Crippen LogP contribution is -2.47. The number of hydrogen-bond acceptors (Lipinski definition) is 1. The summed E-state index contributed by atoms with van der Waals surface area (Å²) in [6.07, 6.45) is -0.210. The zero-order chi connectivity index (χ0) is 12.2. The zero-order valence-corrected chi connectivity index (χ0v) is 8.92. The van der Waals surface area contributed by atoms with Crippen LogP contribution in [0.2, 0.25) is 0 Å². The molecule has 0 bridgehead atoms. The van der Waals surface area contributed by atoms with Crippen LogP contribution in [-0.2, 0) is 0 Å². The third kappa shape index (κ3) is 3.88. The smallest absolute Gasteiger partial charge is 0.308 e. The van der Waals surface area contributed by atoms with Crippen molar-refractivity contribution in [2.45, 2.75) is 56.7 Å². The lowest BCUT2D eigenvalue weighted by molar-refractivity contribution is -0.279. The fourth-order valence-electron chi connectivity index (χ4n) is 1.86. The number of hydrogen-bond donors (Lipinski definition) is 1. The van der Waals surface area contributed by atoms with Crippen molar-refractivity contribution in [2.75, 3.05) is 6.54 Å². The van der Waals surface area contributed by atoms with Crippen LogP contribution in [0.1, 0.15) is 38.5 Å². The van der Waals surface area contributed by atoms with Gasteiger partial charge in [-0.2, -0.15) is 22.0 Å². The van der Waals surface area contributed by atoms with Crippen LogP contribution in [-0.4, -0.2) is 24.7 Å². The van der Waals surface area contributed by atoms with Gasteiger partial charge in [0, 0.05) is 6.04 Å². The monoisotopic (exact) mass is 245 g/mol. The van der Waals surface area contributed by atoms with Crippen molar-refractivity contribution >= 4 is 0 Å². The molecule has 1 aliphatic carbocycles. The topological polar surface area (TPSA) is 12.0 Å². The van der Waals surface area contributed by atoms with E-state index < -0.39 is 18.6 Å². The van der Waals surface area contributed by atoms with E-state index in [2.05, 4.69) is 5.32 Å². The van der Waals surface area contributed by atoms with E-state index in [1.165, 1.54) is 0 Å². The quantitative estimate of drug-likeness (QED) is 0.592. The van der Waals surface area contributed by atoms with Gasteiger partial charge in [0.05, 0.1) is 6.54 Å². The summed E-state index contributed by atoms with van der Waals surface area (Å²) in [7, 11) is 0. The van der Waals surface area contributed by atoms with Crippen LogP contribution in [0.3, 0.4) is 0 Å². The molecule has 0 radical (unpaired) electrons. The lowest BCUT2D eigenvalue weighted by atomic mass is 10.1. The van der Waals surface area contributed by atoms with Gasteiger partial charge in [-0.1, -0.05) is 25.7 Å². The second-order valence-electron chi connectivity index (χ2n) is 4.27. The molecule has 0 spiro atoms. The highest BCUT2D eigenvalue weighted by Crippen LogP contribution is 2.35. The van der Waals surface area contributed by atoms with Crippen molar-refractivity contribution in [2.24, 2.45) is 0 Å². The van der Waals surface area contributed by atoms with Crippen molar-refractivity contribution in [3.05, 3.63) is 0 Å². The van der Waals surface area contributed by atoms with E-state index in [-0.39, 0.29) is 6.04 Å². The van der Waals surface area contributed by atoms with E-state index in [4.69, 9.17) is 0 Å². The molecule has 1 rings (SSSR count). The second kappa shape index (κ2) is 5.29. The molecule has 0 amide bonds. The fraction of sp³-hybridized carbons (Fsp3) is 1.00. The molecule has 1 saturated carbocycles. The van der Waals surface area contributed by atoms with Gasteiger partial charge in [-0.3, -0.25) is 0 Å². The van der Waals surface area contributed by atoms with Gasteiger partial charge in [0.2, 0.25) is 0 Å². The molecule has 0 atom stereocenters. The molecular formula is C10H16F5N. The molecular weight excluding hydrogens is 229 g/mol. The Labute approximate surface area is 91.4 Å². The number of alkyl halides is 5. The van der Waals surface area contributed by atoms with Crippen LogP contribution in [0.25, 0.3) is 0 Å². The minimum absolute atomic E-state index is 0.198. The van der Waals surface area contributed by atoms with Crippen LogP contribution in [0.5, 0.6) is 0 Å². The average Bonchev–Trinajstić information content (AvgIpc) is 2.41. The van der Waals surface area contributed by atoms with Crippen molar-refractivity contribution < 1.29 is 22.0 Å². The van der Waals surface area contributed by atoms with Crippen LogP contribution >= 0.6 is 0 Å². The zero-order valence-electron chi connectivity index (χ0n) is 8.92. The van der Waals surface area contributed by atoms with E-state index in [1.807, 2.05) is 0 Å². The van der Waals surface area contributed by atoms with E-state index in [1.54, 1.807) is 0 Å². The third-order valence-corrected chi connectivity index (χ3v) is 2.88. The highest BCUT2D eigenvalue weighted by molar-refractivity contribution is 4.81. The van der Waals surface area contributed by atoms with E-state index in [9.17, 15) is 22.0 Å². The van der Waals surface area contributed by atoms with Crippen LogP contribution in [0, 0.1) is 0 Å². The molecule has 6 heteroatoms. The molecule has 1 nitrogen and oxygen atoms in total. The SMILES string of the molecule is FC(F)(F)C(F)(F)CNC1CCCCCC1. The number of nitrogens with one attached hydrogen (secondary N) is 1. The second-order valence-corrected chi connectivity index (χ2v) is 4.27. The minimum atomic E-state index is -5.45. The molecule has 0 aromatic heterocycles. The average molecular weight is 245 g/mol. The molecule has 0 saturated heterocycles. The Morgan fingerprint density at radius 3 is 1.81 bits per heavy atom. The van der Waals surface area contributed by atoms with Crippen molar-refractivity contribution in [3.63, 3.8) is 0 Å². The summed E-state index contributed by atoms with van der Waals surface area (Å²) < 4.78 is 60.8. The Morgan fingerprint density at radius 1 is 0.875 bits per heavy atom. The maximum absolute atomic E-state index is 12.6. The largest absolute Gasteiger partial charge is 0.454 e. The summed E-state index contributed by atoms with van der Waals surface area (Å²) in [6, 6.07) is -0.198. The van der Waals surface area contributed by atoms with E-state index in [0.717, 1.165) is 25.7 Å². The first-order valence-electron chi connectivity index (χ1n) is 5.51. The molecule has 0 aliphatic heterocycles. The Kier molecular flexibility index (Phi) is 4.52. The molecule has 1 N–H and O–H groups in total. The van der Waals surface area contributed by atoms with Crippen molar-refractivity contribution in [1.29, 1.82) is 0 Å². The molecule has 0 unspecified atom stereocenters. The molecule has 0 heterocycles. The minimum Gasteiger partial charge on any atom is -0.308 e. The third-order valence-electron chi connectivity index (χ3n) is 2.88. The summed E-state index contributed by atoms with van der Waals surface area (Å²) in [6.45, 7) is -1.30. The van der Waals surface area contributed by atoms with Gasteiger partial charge < -0.3 is 5.32 Å². The maximum atomic E-state index is 12.6. The first-order chi connectivity index (χ1) is 7.33. The Morgan fingerprint density at radius 2 is 1.38 bits per heavy atom. The van der Waals surface area contributed by atoms with Gasteiger partial charge in [-0.05, 0) is 12.8 Å². The molecule has 96 valence electrons. The predicted molar refractivity (Wildman–Crippen MR) is 50.5 cm³/mol. The summed E-state index contributed by atoms with van der Waals surface area (Å²) >= 11 is 0. The Bertz CT molecular complexity index is 206. The standard InChI is InChI=1S/C10H16F5N/c11-9(12,10(13,14)15)7-16-8-5-3-1-2-4-6-8/h8,16H,1-7H2. The Hall–Kier alpha value is -0.390. The van der Waals surface area contributed by atoms with Gasteiger partial charge in [-0.25, -0.2) is 0 Å².